The minimum absolute atomic E-state index is 0.374. The number of fused-ring (bicyclic) bond motifs is 6. The number of hydrogen-bond acceptors (Lipinski definition) is 1. The Bertz CT molecular complexity index is 3570. The highest BCUT2D eigenvalue weighted by Crippen LogP contribution is 2.41. The van der Waals surface area contributed by atoms with Gasteiger partial charge in [0.05, 0.1) is 27.8 Å². The van der Waals surface area contributed by atoms with E-state index in [1.807, 2.05) is 0 Å². The summed E-state index contributed by atoms with van der Waals surface area (Å²) in [5, 5.41) is 4.91. The number of rotatable bonds is 7. The molecule has 0 N–H and O–H groups in total. The molecular weight excluding hydrogens is 763 g/mol. The Labute approximate surface area is 367 Å². The molecule has 1 aliphatic rings. The van der Waals surface area contributed by atoms with Gasteiger partial charge in [0.2, 0.25) is 0 Å². The molecule has 0 bridgehead atoms. The van der Waals surface area contributed by atoms with Gasteiger partial charge in [-0.1, -0.05) is 171 Å². The molecule has 1 unspecified atom stereocenters. The zero-order valence-electron chi connectivity index (χ0n) is 35.0. The summed E-state index contributed by atoms with van der Waals surface area (Å²) < 4.78 is 4.75. The second-order valence-corrected chi connectivity index (χ2v) is 16.8. The molecular formula is C60H43N3. The van der Waals surface area contributed by atoms with Gasteiger partial charge < -0.3 is 4.57 Å². The van der Waals surface area contributed by atoms with Crippen molar-refractivity contribution in [1.82, 2.24) is 14.1 Å². The summed E-state index contributed by atoms with van der Waals surface area (Å²) in [6, 6.07) is 76.9. The molecule has 0 saturated carbocycles. The van der Waals surface area contributed by atoms with E-state index >= 15 is 0 Å². The zero-order valence-corrected chi connectivity index (χ0v) is 35.0. The van der Waals surface area contributed by atoms with Crippen molar-refractivity contribution in [1.29, 1.82) is 0 Å². The lowest BCUT2D eigenvalue weighted by atomic mass is 9.82. The first-order valence-electron chi connectivity index (χ1n) is 21.9. The highest BCUT2D eigenvalue weighted by atomic mass is 15.1. The maximum absolute atomic E-state index is 5.51. The van der Waals surface area contributed by atoms with Crippen molar-refractivity contribution in [2.45, 2.75) is 13.3 Å². The molecule has 3 heterocycles. The summed E-state index contributed by atoms with van der Waals surface area (Å²) in [7, 11) is 0. The molecule has 0 aliphatic heterocycles. The quantitative estimate of drug-likeness (QED) is 0.157. The summed E-state index contributed by atoms with van der Waals surface area (Å²) >= 11 is 0. The summed E-state index contributed by atoms with van der Waals surface area (Å²) in [6.45, 7) is 2.35. The highest BCUT2D eigenvalue weighted by molar-refractivity contribution is 6.12. The number of pyridine rings is 1. The maximum Gasteiger partial charge on any atom is 0.138 e. The third kappa shape index (κ3) is 6.40. The van der Waals surface area contributed by atoms with Gasteiger partial charge in [-0.2, -0.15) is 0 Å². The van der Waals surface area contributed by atoms with E-state index in [9.17, 15) is 0 Å². The Kier molecular flexibility index (Phi) is 8.86. The first kappa shape index (κ1) is 36.8. The fraction of sp³-hybridized carbons (Fsp3) is 0.0500. The van der Waals surface area contributed by atoms with Crippen LogP contribution in [0.3, 0.4) is 0 Å². The molecule has 8 aromatic carbocycles. The molecule has 0 radical (unpaired) electrons. The molecule has 0 spiro atoms. The second-order valence-electron chi connectivity index (χ2n) is 16.8. The molecule has 0 fully saturated rings. The van der Waals surface area contributed by atoms with E-state index < -0.39 is 0 Å². The van der Waals surface area contributed by atoms with Crippen LogP contribution in [-0.4, -0.2) is 14.1 Å². The van der Waals surface area contributed by atoms with Crippen LogP contribution < -0.4 is 0 Å². The lowest BCUT2D eigenvalue weighted by Gasteiger charge is -2.23. The normalized spacial score (nSPS) is 14.1. The Morgan fingerprint density at radius 1 is 0.381 bits per heavy atom. The second kappa shape index (κ2) is 15.2. The van der Waals surface area contributed by atoms with E-state index in [0.29, 0.717) is 5.92 Å². The minimum Gasteiger partial charge on any atom is -0.309 e. The van der Waals surface area contributed by atoms with E-state index in [1.54, 1.807) is 0 Å². The average molecular weight is 806 g/mol. The molecule has 3 nitrogen and oxygen atoms in total. The highest BCUT2D eigenvalue weighted by Gasteiger charge is 2.21. The first-order valence-corrected chi connectivity index (χ1v) is 21.9. The molecule has 1 atom stereocenters. The third-order valence-corrected chi connectivity index (χ3v) is 13.0. The molecule has 63 heavy (non-hydrogen) atoms. The summed E-state index contributed by atoms with van der Waals surface area (Å²) in [6.07, 6.45) is 5.60. The first-order chi connectivity index (χ1) is 31.1. The standard InChI is InChI=1S/C60H43N3/c1-40-35-45(29-32-50(40)43-17-7-3-8-18-43)48-38-55(44-27-25-42(26-28-44)41-15-5-2-6-16-41)61-60(39-48)63-57-24-14-12-22-52(57)54-37-47(31-34-59(54)63)46-30-33-58-53(36-46)51-21-11-13-23-56(51)62(58)49-19-9-4-10-20-49/h2-34,36-40H,35H2,1H3. The lowest BCUT2D eigenvalue weighted by Crippen LogP contribution is -2.06. The van der Waals surface area contributed by atoms with Gasteiger partial charge in [-0.15, -0.1) is 0 Å². The number of aromatic nitrogens is 3. The predicted octanol–water partition coefficient (Wildman–Crippen LogP) is 15.8. The Balaban J connectivity index is 1.01. The van der Waals surface area contributed by atoms with Crippen LogP contribution in [0.5, 0.6) is 0 Å². The van der Waals surface area contributed by atoms with Gasteiger partial charge >= 0.3 is 0 Å². The van der Waals surface area contributed by atoms with Crippen LogP contribution in [0.1, 0.15) is 24.5 Å². The molecule has 3 heteroatoms. The van der Waals surface area contributed by atoms with Crippen molar-refractivity contribution < 1.29 is 0 Å². The fourth-order valence-corrected chi connectivity index (χ4v) is 9.92. The van der Waals surface area contributed by atoms with E-state index in [4.69, 9.17) is 4.98 Å². The topological polar surface area (TPSA) is 22.8 Å². The van der Waals surface area contributed by atoms with Gasteiger partial charge in [-0.3, -0.25) is 4.57 Å². The molecule has 3 aromatic heterocycles. The van der Waals surface area contributed by atoms with Crippen LogP contribution in [0, 0.1) is 5.92 Å². The van der Waals surface area contributed by atoms with Crippen LogP contribution in [0.25, 0.3) is 99.8 Å². The number of nitrogens with zero attached hydrogens (tertiary/aromatic N) is 3. The third-order valence-electron chi connectivity index (χ3n) is 13.0. The van der Waals surface area contributed by atoms with Gasteiger partial charge in [0.25, 0.3) is 0 Å². The maximum atomic E-state index is 5.51. The van der Waals surface area contributed by atoms with Crippen LogP contribution in [0.2, 0.25) is 0 Å². The van der Waals surface area contributed by atoms with Crippen molar-refractivity contribution in [2.24, 2.45) is 5.92 Å². The predicted molar refractivity (Wildman–Crippen MR) is 265 cm³/mol. The van der Waals surface area contributed by atoms with Crippen molar-refractivity contribution in [3.8, 4) is 45.0 Å². The van der Waals surface area contributed by atoms with Crippen molar-refractivity contribution in [3.63, 3.8) is 0 Å². The number of para-hydroxylation sites is 3. The Morgan fingerprint density at radius 3 is 1.51 bits per heavy atom. The van der Waals surface area contributed by atoms with Gasteiger partial charge in [-0.05, 0) is 118 Å². The lowest BCUT2D eigenvalue weighted by molar-refractivity contribution is 0.770. The number of hydrogen-bond donors (Lipinski definition) is 0. The molecule has 1 aliphatic carbocycles. The van der Waals surface area contributed by atoms with E-state index in [1.165, 1.54) is 82.8 Å². The molecule has 0 amide bonds. The van der Waals surface area contributed by atoms with Gasteiger partial charge in [0.1, 0.15) is 5.82 Å². The fourth-order valence-electron chi connectivity index (χ4n) is 9.92. The van der Waals surface area contributed by atoms with Crippen molar-refractivity contribution in [3.05, 3.63) is 236 Å². The Hall–Kier alpha value is -8.01. The largest absolute Gasteiger partial charge is 0.309 e. The SMILES string of the molecule is CC1CC(c2cc(-c3ccc(-c4ccccc4)cc3)nc(-n3c4ccccc4c4cc(-c5ccc6c(c5)c5ccccc5n6-c5ccccc5)ccc43)c2)=CC=C1c1ccccc1. The van der Waals surface area contributed by atoms with E-state index in [-0.39, 0.29) is 0 Å². The smallest absolute Gasteiger partial charge is 0.138 e. The van der Waals surface area contributed by atoms with Crippen LogP contribution in [0.4, 0.5) is 0 Å². The number of allylic oxidation sites excluding steroid dienone is 4. The van der Waals surface area contributed by atoms with E-state index in [2.05, 4.69) is 241 Å². The van der Waals surface area contributed by atoms with Crippen LogP contribution in [-0.2, 0) is 0 Å². The van der Waals surface area contributed by atoms with Gasteiger partial charge in [0.15, 0.2) is 0 Å². The van der Waals surface area contributed by atoms with Crippen LogP contribution >= 0.6 is 0 Å². The minimum atomic E-state index is 0.374. The van der Waals surface area contributed by atoms with Gasteiger partial charge in [0, 0.05) is 32.8 Å². The summed E-state index contributed by atoms with van der Waals surface area (Å²) in [5.41, 5.74) is 17.9. The van der Waals surface area contributed by atoms with Gasteiger partial charge in [-0.25, -0.2) is 4.98 Å². The molecule has 298 valence electrons. The monoisotopic (exact) mass is 805 g/mol. The average Bonchev–Trinajstić information content (AvgIpc) is 3.87. The number of benzene rings is 8. The summed E-state index contributed by atoms with van der Waals surface area (Å²) in [4.78, 5) is 5.51. The summed E-state index contributed by atoms with van der Waals surface area (Å²) in [5.74, 6) is 1.29. The Morgan fingerprint density at radius 2 is 0.873 bits per heavy atom. The molecule has 11 aromatic rings. The van der Waals surface area contributed by atoms with E-state index in [0.717, 1.165) is 34.5 Å². The zero-order chi connectivity index (χ0) is 41.9. The molecule has 12 rings (SSSR count). The van der Waals surface area contributed by atoms with Crippen molar-refractivity contribution >= 4 is 54.8 Å². The van der Waals surface area contributed by atoms with Crippen molar-refractivity contribution in [2.75, 3.05) is 0 Å². The van der Waals surface area contributed by atoms with Crippen LogP contribution in [0.15, 0.2) is 224 Å². The molecule has 0 saturated heterocycles.